The van der Waals surface area contributed by atoms with Crippen molar-refractivity contribution in [3.05, 3.63) is 11.6 Å². The van der Waals surface area contributed by atoms with Crippen molar-refractivity contribution in [2.24, 2.45) is 22.7 Å². The summed E-state index contributed by atoms with van der Waals surface area (Å²) in [6.07, 6.45) is 11.4. The van der Waals surface area contributed by atoms with Crippen LogP contribution in [0.15, 0.2) is 11.6 Å². The summed E-state index contributed by atoms with van der Waals surface area (Å²) in [5.74, 6) is 0.719. The molecule has 4 aliphatic rings. The lowest BCUT2D eigenvalue weighted by Crippen LogP contribution is -2.58. The number of nitrogens with zero attached hydrogens (tertiary/aromatic N) is 1. The molecule has 4 rings (SSSR count). The molecule has 0 radical (unpaired) electrons. The van der Waals surface area contributed by atoms with Crippen molar-refractivity contribution < 1.29 is 10.2 Å². The van der Waals surface area contributed by atoms with E-state index in [1.807, 2.05) is 14.1 Å². The smallest absolute Gasteiger partial charge is 0.104 e. The number of aliphatic hydroxyl groups is 2. The minimum Gasteiger partial charge on any atom is -0.393 e. The minimum absolute atomic E-state index is 0.211. The molecule has 6 atom stereocenters. The maximum Gasteiger partial charge on any atom is 0.104 e. The number of rotatable bonds is 0. The van der Waals surface area contributed by atoms with Crippen LogP contribution in [0.3, 0.4) is 0 Å². The molecular formula is C22H36N2O2. The summed E-state index contributed by atoms with van der Waals surface area (Å²) in [5, 5.41) is 34.8. The van der Waals surface area contributed by atoms with E-state index in [0.717, 1.165) is 44.9 Å². The molecule has 0 bridgehead atoms. The molecule has 4 heteroatoms. The SMILES string of the molecule is CC12CCCC1[C@@]1(O)CCC3CCC(O)CC3=CC1(C#N)CC2.CNC. The molecule has 0 aromatic rings. The van der Waals surface area contributed by atoms with Crippen molar-refractivity contribution >= 4 is 0 Å². The van der Waals surface area contributed by atoms with Gasteiger partial charge >= 0.3 is 0 Å². The van der Waals surface area contributed by atoms with Crippen LogP contribution in [0.2, 0.25) is 0 Å². The molecule has 26 heavy (non-hydrogen) atoms. The summed E-state index contributed by atoms with van der Waals surface area (Å²) in [7, 11) is 3.75. The summed E-state index contributed by atoms with van der Waals surface area (Å²) in [4.78, 5) is 0. The second-order valence-corrected chi connectivity index (χ2v) is 9.50. The van der Waals surface area contributed by atoms with E-state index in [0.29, 0.717) is 12.3 Å². The zero-order valence-corrected chi connectivity index (χ0v) is 16.7. The Morgan fingerprint density at radius 2 is 1.85 bits per heavy atom. The molecule has 0 aromatic heterocycles. The van der Waals surface area contributed by atoms with Crippen molar-refractivity contribution in [1.29, 1.82) is 5.26 Å². The third-order valence-electron chi connectivity index (χ3n) is 7.87. The lowest BCUT2D eigenvalue weighted by molar-refractivity contribution is -0.152. The monoisotopic (exact) mass is 360 g/mol. The largest absolute Gasteiger partial charge is 0.393 e. The van der Waals surface area contributed by atoms with Crippen LogP contribution in [0.1, 0.15) is 71.1 Å². The molecule has 0 amide bonds. The van der Waals surface area contributed by atoms with Gasteiger partial charge in [0.2, 0.25) is 0 Å². The first-order valence-corrected chi connectivity index (χ1v) is 10.5. The van der Waals surface area contributed by atoms with Gasteiger partial charge in [-0.3, -0.25) is 0 Å². The summed E-state index contributed by atoms with van der Waals surface area (Å²) < 4.78 is 0. The second kappa shape index (κ2) is 7.26. The highest BCUT2D eigenvalue weighted by Crippen LogP contribution is 2.65. The average Bonchev–Trinajstić information content (AvgIpc) is 2.95. The Morgan fingerprint density at radius 1 is 1.12 bits per heavy atom. The van der Waals surface area contributed by atoms with Crippen LogP contribution in [0.4, 0.5) is 0 Å². The Bertz CT molecular complexity index is 597. The molecule has 0 aliphatic heterocycles. The number of nitrogens with one attached hydrogen (secondary N) is 1. The fourth-order valence-electron chi connectivity index (χ4n) is 6.47. The molecule has 3 saturated carbocycles. The highest BCUT2D eigenvalue weighted by Gasteiger charge is 2.64. The van der Waals surface area contributed by atoms with Gasteiger partial charge in [0.05, 0.1) is 17.8 Å². The normalized spacial score (nSPS) is 47.1. The summed E-state index contributed by atoms with van der Waals surface area (Å²) in [6.45, 7) is 2.33. The Hall–Kier alpha value is -0.890. The topological polar surface area (TPSA) is 76.3 Å². The van der Waals surface area contributed by atoms with Crippen LogP contribution in [-0.4, -0.2) is 36.0 Å². The van der Waals surface area contributed by atoms with Gasteiger partial charge in [0.15, 0.2) is 0 Å². The maximum absolute atomic E-state index is 11.8. The van der Waals surface area contributed by atoms with E-state index in [-0.39, 0.29) is 17.4 Å². The van der Waals surface area contributed by atoms with E-state index in [1.165, 1.54) is 18.4 Å². The van der Waals surface area contributed by atoms with Gasteiger partial charge in [-0.25, -0.2) is 0 Å². The third-order valence-corrected chi connectivity index (χ3v) is 7.87. The molecule has 3 fully saturated rings. The van der Waals surface area contributed by atoms with E-state index in [2.05, 4.69) is 24.4 Å². The Kier molecular flexibility index (Phi) is 5.55. The van der Waals surface area contributed by atoms with E-state index < -0.39 is 11.0 Å². The van der Waals surface area contributed by atoms with Crippen LogP contribution in [0, 0.1) is 34.0 Å². The Morgan fingerprint density at radius 3 is 2.54 bits per heavy atom. The van der Waals surface area contributed by atoms with Crippen molar-refractivity contribution in [1.82, 2.24) is 5.32 Å². The minimum atomic E-state index is -0.874. The zero-order chi connectivity index (χ0) is 19.0. The van der Waals surface area contributed by atoms with Crippen LogP contribution in [0.25, 0.3) is 0 Å². The van der Waals surface area contributed by atoms with E-state index in [1.54, 1.807) is 0 Å². The molecule has 0 spiro atoms. The molecule has 0 saturated heterocycles. The quantitative estimate of drug-likeness (QED) is 0.578. The van der Waals surface area contributed by atoms with Crippen LogP contribution >= 0.6 is 0 Å². The lowest BCUT2D eigenvalue weighted by Gasteiger charge is -2.55. The molecule has 3 N–H and O–H groups in total. The first-order valence-electron chi connectivity index (χ1n) is 10.5. The Labute approximate surface area is 158 Å². The fourth-order valence-corrected chi connectivity index (χ4v) is 6.47. The standard InChI is InChI=1S/C20H29NO2.C2H7N/c1-18-7-2-3-17(18)20(23)8-6-14-4-5-16(22)11-15(14)12-19(20,13-21)10-9-18;1-3-2/h12,14,16-17,22-23H,2-11H2,1H3;3H,1-2H3/t14?,16?,17?,18?,19?,20-;/m0./s1. The number of hydrogen-bond donors (Lipinski definition) is 3. The number of hydrogen-bond acceptors (Lipinski definition) is 4. The second-order valence-electron chi connectivity index (χ2n) is 9.50. The predicted octanol–water partition coefficient (Wildman–Crippen LogP) is 3.54. The van der Waals surface area contributed by atoms with Gasteiger partial charge in [0.25, 0.3) is 0 Å². The zero-order valence-electron chi connectivity index (χ0n) is 16.7. The van der Waals surface area contributed by atoms with E-state index >= 15 is 0 Å². The molecule has 5 unspecified atom stereocenters. The molecule has 4 nitrogen and oxygen atoms in total. The van der Waals surface area contributed by atoms with Gasteiger partial charge in [-0.05, 0) is 89.1 Å². The van der Waals surface area contributed by atoms with Crippen molar-refractivity contribution in [2.45, 2.75) is 82.8 Å². The van der Waals surface area contributed by atoms with Crippen LogP contribution in [-0.2, 0) is 0 Å². The third kappa shape index (κ3) is 3.03. The molecule has 0 aromatic carbocycles. The first kappa shape index (κ1) is 19.9. The van der Waals surface area contributed by atoms with Crippen molar-refractivity contribution in [2.75, 3.05) is 14.1 Å². The molecule has 0 heterocycles. The van der Waals surface area contributed by atoms with E-state index in [4.69, 9.17) is 0 Å². The summed E-state index contributed by atoms with van der Waals surface area (Å²) in [6, 6.07) is 2.57. The van der Waals surface area contributed by atoms with Gasteiger partial charge in [-0.1, -0.05) is 25.0 Å². The summed E-state index contributed by atoms with van der Waals surface area (Å²) >= 11 is 0. The lowest BCUT2D eigenvalue weighted by atomic mass is 9.51. The summed E-state index contributed by atoms with van der Waals surface area (Å²) in [5.41, 5.74) is -0.144. The van der Waals surface area contributed by atoms with Crippen LogP contribution < -0.4 is 5.32 Å². The predicted molar refractivity (Wildman–Crippen MR) is 103 cm³/mol. The fraction of sp³-hybridized carbons (Fsp3) is 0.864. The van der Waals surface area contributed by atoms with Gasteiger partial charge < -0.3 is 15.5 Å². The van der Waals surface area contributed by atoms with Gasteiger partial charge in [0, 0.05) is 0 Å². The van der Waals surface area contributed by atoms with E-state index in [9.17, 15) is 15.5 Å². The average molecular weight is 361 g/mol. The first-order chi connectivity index (χ1) is 12.3. The molecule has 146 valence electrons. The highest BCUT2D eigenvalue weighted by molar-refractivity contribution is 5.33. The van der Waals surface area contributed by atoms with Crippen molar-refractivity contribution in [3.63, 3.8) is 0 Å². The number of nitriles is 1. The van der Waals surface area contributed by atoms with Crippen molar-refractivity contribution in [3.8, 4) is 6.07 Å². The number of fused-ring (bicyclic) bond motifs is 4. The highest BCUT2D eigenvalue weighted by atomic mass is 16.3. The van der Waals surface area contributed by atoms with Gasteiger partial charge in [-0.2, -0.15) is 5.26 Å². The maximum atomic E-state index is 11.8. The van der Waals surface area contributed by atoms with Gasteiger partial charge in [0.1, 0.15) is 5.41 Å². The molecular weight excluding hydrogens is 324 g/mol. The molecule has 4 aliphatic carbocycles. The number of aliphatic hydroxyl groups excluding tert-OH is 1. The Balaban J connectivity index is 0.000000613. The van der Waals surface area contributed by atoms with Crippen LogP contribution in [0.5, 0.6) is 0 Å². The van der Waals surface area contributed by atoms with Gasteiger partial charge in [-0.15, -0.1) is 0 Å².